The van der Waals surface area contributed by atoms with Gasteiger partial charge < -0.3 is 10.6 Å². The molecule has 1 aliphatic rings. The molecule has 0 heterocycles. The van der Waals surface area contributed by atoms with Crippen LogP contribution in [-0.2, 0) is 9.59 Å². The van der Waals surface area contributed by atoms with Crippen LogP contribution in [0.4, 0.5) is 0 Å². The number of carbonyl (C=O) groups excluding carboxylic acids is 2. The summed E-state index contributed by atoms with van der Waals surface area (Å²) in [7, 11) is 0. The van der Waals surface area contributed by atoms with E-state index in [1.165, 1.54) is 0 Å². The molecular weight excluding hydrogens is 230 g/mol. The highest BCUT2D eigenvalue weighted by atomic mass is 16.2. The highest BCUT2D eigenvalue weighted by molar-refractivity contribution is 5.83. The van der Waals surface area contributed by atoms with E-state index in [0.717, 1.165) is 25.7 Å². The number of carbonyl (C=O) groups is 2. The van der Waals surface area contributed by atoms with Crippen LogP contribution in [0.1, 0.15) is 46.5 Å². The molecule has 0 aromatic rings. The van der Waals surface area contributed by atoms with Crippen molar-refractivity contribution < 1.29 is 9.59 Å². The molecule has 1 saturated carbocycles. The first-order valence-electron chi connectivity index (χ1n) is 6.86. The summed E-state index contributed by atoms with van der Waals surface area (Å²) in [5.74, 6) is -0.0751. The maximum atomic E-state index is 11.8. The van der Waals surface area contributed by atoms with E-state index in [0.29, 0.717) is 6.04 Å². The van der Waals surface area contributed by atoms with Crippen molar-refractivity contribution in [1.29, 1.82) is 0 Å². The highest BCUT2D eigenvalue weighted by Crippen LogP contribution is 2.18. The van der Waals surface area contributed by atoms with Gasteiger partial charge in [0.2, 0.25) is 11.8 Å². The Labute approximate surface area is 109 Å². The lowest BCUT2D eigenvalue weighted by molar-refractivity contribution is -0.124. The maximum Gasteiger partial charge on any atom is 0.237 e. The van der Waals surface area contributed by atoms with E-state index in [2.05, 4.69) is 22.9 Å². The fourth-order valence-corrected chi connectivity index (χ4v) is 1.72. The molecule has 2 unspecified atom stereocenters. The molecule has 0 aromatic carbocycles. The number of hydrogen-bond acceptors (Lipinski definition) is 3. The third-order valence-electron chi connectivity index (χ3n) is 3.01. The molecule has 0 bridgehead atoms. The Balaban J connectivity index is 2.15. The molecule has 1 rings (SSSR count). The lowest BCUT2D eigenvalue weighted by atomic mass is 10.2. The molecule has 0 saturated heterocycles. The van der Waals surface area contributed by atoms with Crippen molar-refractivity contribution in [2.24, 2.45) is 0 Å². The van der Waals surface area contributed by atoms with Crippen molar-refractivity contribution in [2.45, 2.75) is 64.6 Å². The lowest BCUT2D eigenvalue weighted by Crippen LogP contribution is -2.48. The first-order valence-corrected chi connectivity index (χ1v) is 6.86. The zero-order valence-corrected chi connectivity index (χ0v) is 11.6. The summed E-state index contributed by atoms with van der Waals surface area (Å²) < 4.78 is 0. The molecule has 3 N–H and O–H groups in total. The van der Waals surface area contributed by atoms with Crippen molar-refractivity contribution in [3.8, 4) is 0 Å². The molecule has 0 aromatic heterocycles. The summed E-state index contributed by atoms with van der Waals surface area (Å²) in [5, 5.41) is 8.74. The fourth-order valence-electron chi connectivity index (χ4n) is 1.72. The van der Waals surface area contributed by atoms with E-state index in [1.807, 2.05) is 6.92 Å². The van der Waals surface area contributed by atoms with Crippen LogP contribution >= 0.6 is 0 Å². The molecule has 2 atom stereocenters. The SMILES string of the molecule is CCCC(C)NC(=O)C(C)NCC(=O)NC1CC1. The summed E-state index contributed by atoms with van der Waals surface area (Å²) in [4.78, 5) is 23.2. The topological polar surface area (TPSA) is 70.2 Å². The van der Waals surface area contributed by atoms with E-state index < -0.39 is 0 Å². The van der Waals surface area contributed by atoms with Crippen LogP contribution in [0.3, 0.4) is 0 Å². The monoisotopic (exact) mass is 255 g/mol. The predicted octanol–water partition coefficient (Wildman–Crippen LogP) is 0.548. The molecule has 2 amide bonds. The third-order valence-corrected chi connectivity index (χ3v) is 3.01. The van der Waals surface area contributed by atoms with Crippen LogP contribution in [-0.4, -0.2) is 36.5 Å². The molecule has 0 spiro atoms. The largest absolute Gasteiger partial charge is 0.352 e. The summed E-state index contributed by atoms with van der Waals surface area (Å²) >= 11 is 0. The van der Waals surface area contributed by atoms with Gasteiger partial charge in [0.05, 0.1) is 12.6 Å². The average molecular weight is 255 g/mol. The second kappa shape index (κ2) is 7.36. The van der Waals surface area contributed by atoms with Gasteiger partial charge in [-0.3, -0.25) is 14.9 Å². The van der Waals surface area contributed by atoms with Crippen molar-refractivity contribution >= 4 is 11.8 Å². The Kier molecular flexibility index (Phi) is 6.12. The van der Waals surface area contributed by atoms with Gasteiger partial charge in [0.15, 0.2) is 0 Å². The van der Waals surface area contributed by atoms with Gasteiger partial charge in [0, 0.05) is 12.1 Å². The van der Waals surface area contributed by atoms with Crippen molar-refractivity contribution in [3.63, 3.8) is 0 Å². The van der Waals surface area contributed by atoms with Gasteiger partial charge in [0.1, 0.15) is 0 Å². The molecular formula is C13H25N3O2. The quantitative estimate of drug-likeness (QED) is 0.593. The number of nitrogens with one attached hydrogen (secondary N) is 3. The van der Waals surface area contributed by atoms with Crippen molar-refractivity contribution in [1.82, 2.24) is 16.0 Å². The minimum atomic E-state index is -0.339. The molecule has 0 radical (unpaired) electrons. The minimum Gasteiger partial charge on any atom is -0.352 e. The van der Waals surface area contributed by atoms with Crippen LogP contribution in [0.15, 0.2) is 0 Å². The van der Waals surface area contributed by atoms with Crippen LogP contribution in [0.5, 0.6) is 0 Å². The fraction of sp³-hybridized carbons (Fsp3) is 0.846. The van der Waals surface area contributed by atoms with E-state index in [1.54, 1.807) is 6.92 Å². The third kappa shape index (κ3) is 6.00. The number of rotatable bonds is 8. The van der Waals surface area contributed by atoms with Gasteiger partial charge >= 0.3 is 0 Å². The van der Waals surface area contributed by atoms with Gasteiger partial charge in [-0.05, 0) is 33.1 Å². The predicted molar refractivity (Wildman–Crippen MR) is 71.1 cm³/mol. The van der Waals surface area contributed by atoms with Gasteiger partial charge in [-0.1, -0.05) is 13.3 Å². The van der Waals surface area contributed by atoms with Crippen LogP contribution in [0, 0.1) is 0 Å². The normalized spacial score (nSPS) is 17.9. The Morgan fingerprint density at radius 1 is 1.28 bits per heavy atom. The first-order chi connectivity index (χ1) is 8.52. The van der Waals surface area contributed by atoms with Gasteiger partial charge in [0.25, 0.3) is 0 Å². The standard InChI is InChI=1S/C13H25N3O2/c1-4-5-9(2)15-13(18)10(3)14-8-12(17)16-11-6-7-11/h9-11,14H,4-8H2,1-3H3,(H,15,18)(H,16,17). The van der Waals surface area contributed by atoms with E-state index >= 15 is 0 Å². The average Bonchev–Trinajstić information content (AvgIpc) is 3.09. The number of amides is 2. The Hall–Kier alpha value is -1.10. The van der Waals surface area contributed by atoms with Crippen molar-refractivity contribution in [2.75, 3.05) is 6.54 Å². The number of hydrogen-bond donors (Lipinski definition) is 3. The van der Waals surface area contributed by atoms with Crippen LogP contribution < -0.4 is 16.0 Å². The van der Waals surface area contributed by atoms with E-state index in [9.17, 15) is 9.59 Å². The lowest BCUT2D eigenvalue weighted by Gasteiger charge is -2.18. The minimum absolute atomic E-state index is 0.0289. The molecule has 5 heteroatoms. The maximum absolute atomic E-state index is 11.8. The Morgan fingerprint density at radius 2 is 1.94 bits per heavy atom. The van der Waals surface area contributed by atoms with E-state index in [4.69, 9.17) is 0 Å². The first kappa shape index (κ1) is 15.0. The summed E-state index contributed by atoms with van der Waals surface area (Å²) in [6.07, 6.45) is 4.18. The Bertz CT molecular complexity index is 290. The summed E-state index contributed by atoms with van der Waals surface area (Å²) in [6.45, 7) is 6.06. The highest BCUT2D eigenvalue weighted by Gasteiger charge is 2.23. The van der Waals surface area contributed by atoms with Crippen LogP contribution in [0.2, 0.25) is 0 Å². The molecule has 0 aliphatic heterocycles. The molecule has 104 valence electrons. The molecule has 1 fully saturated rings. The van der Waals surface area contributed by atoms with E-state index in [-0.39, 0.29) is 30.4 Å². The zero-order valence-electron chi connectivity index (χ0n) is 11.6. The second-order valence-corrected chi connectivity index (χ2v) is 5.14. The smallest absolute Gasteiger partial charge is 0.237 e. The summed E-state index contributed by atoms with van der Waals surface area (Å²) in [6, 6.07) is 0.217. The molecule has 5 nitrogen and oxygen atoms in total. The van der Waals surface area contributed by atoms with Gasteiger partial charge in [-0.15, -0.1) is 0 Å². The van der Waals surface area contributed by atoms with Gasteiger partial charge in [-0.2, -0.15) is 0 Å². The second-order valence-electron chi connectivity index (χ2n) is 5.14. The van der Waals surface area contributed by atoms with Crippen LogP contribution in [0.25, 0.3) is 0 Å². The summed E-state index contributed by atoms with van der Waals surface area (Å²) in [5.41, 5.74) is 0. The Morgan fingerprint density at radius 3 is 2.50 bits per heavy atom. The van der Waals surface area contributed by atoms with Gasteiger partial charge in [-0.25, -0.2) is 0 Å². The van der Waals surface area contributed by atoms with Crippen molar-refractivity contribution in [3.05, 3.63) is 0 Å². The zero-order chi connectivity index (χ0) is 13.5. The molecule has 18 heavy (non-hydrogen) atoms. The molecule has 1 aliphatic carbocycles.